The highest BCUT2D eigenvalue weighted by atomic mass is 35.5. The molecule has 1 aliphatic carbocycles. The largest absolute Gasteiger partial charge is 0.465 e. The first-order valence-corrected chi connectivity index (χ1v) is 10.4. The Morgan fingerprint density at radius 3 is 2.96 bits per heavy atom. The Kier molecular flexibility index (Phi) is 6.31. The number of nitrogens with one attached hydrogen (secondary N) is 2. The summed E-state index contributed by atoms with van der Waals surface area (Å²) in [6, 6.07) is 1.14. The zero-order valence-electron chi connectivity index (χ0n) is 15.9. The Morgan fingerprint density at radius 2 is 2.18 bits per heavy atom. The van der Waals surface area contributed by atoms with Crippen LogP contribution in [0.1, 0.15) is 42.5 Å². The highest BCUT2D eigenvalue weighted by Gasteiger charge is 2.51. The van der Waals surface area contributed by atoms with Gasteiger partial charge in [0.1, 0.15) is 11.0 Å². The molecule has 2 amide bonds. The summed E-state index contributed by atoms with van der Waals surface area (Å²) >= 11 is 1.34. The van der Waals surface area contributed by atoms with Crippen molar-refractivity contribution in [3.63, 3.8) is 0 Å². The van der Waals surface area contributed by atoms with E-state index in [1.807, 2.05) is 0 Å². The van der Waals surface area contributed by atoms with Gasteiger partial charge in [0.15, 0.2) is 0 Å². The molecule has 2 N–H and O–H groups in total. The highest BCUT2D eigenvalue weighted by Crippen LogP contribution is 2.44. The number of fused-ring (bicyclic) bond motifs is 1. The summed E-state index contributed by atoms with van der Waals surface area (Å²) in [4.78, 5) is 39.6. The fourth-order valence-corrected chi connectivity index (χ4v) is 5.70. The topological polar surface area (TPSA) is 87.7 Å². The molecule has 0 bridgehead atoms. The molecule has 0 aromatic carbocycles. The maximum Gasteiger partial charge on any atom is 0.340 e. The maximum absolute atomic E-state index is 13.1. The summed E-state index contributed by atoms with van der Waals surface area (Å²) in [5.41, 5.74) is 0.0280. The third kappa shape index (κ3) is 3.42. The molecule has 3 fully saturated rings. The van der Waals surface area contributed by atoms with Gasteiger partial charge in [0.05, 0.1) is 18.1 Å². The van der Waals surface area contributed by atoms with Gasteiger partial charge in [-0.05, 0) is 43.2 Å². The monoisotopic (exact) mass is 427 g/mol. The van der Waals surface area contributed by atoms with Crippen molar-refractivity contribution in [1.82, 2.24) is 10.6 Å². The fourth-order valence-electron chi connectivity index (χ4n) is 4.78. The molecule has 1 aromatic rings. The van der Waals surface area contributed by atoms with Crippen LogP contribution in [0.15, 0.2) is 11.4 Å². The Hall–Kier alpha value is -1.64. The number of methoxy groups -OCH3 is 1. The van der Waals surface area contributed by atoms with Crippen LogP contribution in [0, 0.1) is 11.3 Å². The number of nitrogens with zero attached hydrogens (tertiary/aromatic N) is 1. The van der Waals surface area contributed by atoms with Crippen molar-refractivity contribution in [3.8, 4) is 0 Å². The number of hydrogen-bond donors (Lipinski definition) is 2. The van der Waals surface area contributed by atoms with Crippen molar-refractivity contribution in [2.24, 2.45) is 11.3 Å². The van der Waals surface area contributed by atoms with Gasteiger partial charge in [0.25, 0.3) is 0 Å². The van der Waals surface area contributed by atoms with E-state index in [2.05, 4.69) is 10.6 Å². The van der Waals surface area contributed by atoms with Gasteiger partial charge in [-0.15, -0.1) is 23.7 Å². The molecule has 28 heavy (non-hydrogen) atoms. The first-order chi connectivity index (χ1) is 13.1. The van der Waals surface area contributed by atoms with Crippen molar-refractivity contribution in [3.05, 3.63) is 17.0 Å². The summed E-state index contributed by atoms with van der Waals surface area (Å²) in [6.45, 7) is 2.07. The van der Waals surface area contributed by atoms with E-state index in [1.54, 1.807) is 16.3 Å². The lowest BCUT2D eigenvalue weighted by molar-refractivity contribution is -0.136. The molecule has 3 aliphatic rings. The van der Waals surface area contributed by atoms with E-state index in [0.29, 0.717) is 36.0 Å². The molecule has 3 atom stereocenters. The molecular formula is C19H26ClN3O4S. The molecular weight excluding hydrogens is 402 g/mol. The lowest BCUT2D eigenvalue weighted by Gasteiger charge is -2.37. The number of thiophene rings is 1. The number of carbonyl (C=O) groups is 3. The minimum Gasteiger partial charge on any atom is -0.465 e. The van der Waals surface area contributed by atoms with Crippen LogP contribution in [-0.4, -0.2) is 50.6 Å². The number of esters is 1. The zero-order chi connectivity index (χ0) is 19.0. The van der Waals surface area contributed by atoms with E-state index in [-0.39, 0.29) is 29.6 Å². The molecule has 9 heteroatoms. The van der Waals surface area contributed by atoms with E-state index >= 15 is 0 Å². The number of anilines is 1. The standard InChI is InChI=1S/C19H25N3O4S.ClH/c1-26-17(24)13-6-9-27-16(13)22-8-5-14(15(22)23)21-18(25)19-7-3-2-4-12(19)10-20-11-19;/h6,9,12,14,20H,2-5,7-8,10-11H2,1H3,(H,21,25);1H/t12-,14?,19+;/m0./s1. The first-order valence-electron chi connectivity index (χ1n) is 9.56. The van der Waals surface area contributed by atoms with Gasteiger partial charge >= 0.3 is 5.97 Å². The zero-order valence-corrected chi connectivity index (χ0v) is 17.5. The summed E-state index contributed by atoms with van der Waals surface area (Å²) in [6.07, 6.45) is 4.75. The van der Waals surface area contributed by atoms with E-state index in [4.69, 9.17) is 4.74 Å². The van der Waals surface area contributed by atoms with Crippen LogP contribution in [0.25, 0.3) is 0 Å². The van der Waals surface area contributed by atoms with Crippen molar-refractivity contribution in [2.45, 2.75) is 38.1 Å². The predicted molar refractivity (Wildman–Crippen MR) is 109 cm³/mol. The maximum atomic E-state index is 13.1. The van der Waals surface area contributed by atoms with E-state index in [1.165, 1.54) is 24.9 Å². The third-order valence-electron chi connectivity index (χ3n) is 6.30. The van der Waals surface area contributed by atoms with Gasteiger partial charge in [-0.3, -0.25) is 9.59 Å². The average Bonchev–Trinajstić information content (AvgIpc) is 3.40. The number of halogens is 1. The van der Waals surface area contributed by atoms with Gasteiger partial charge in [0, 0.05) is 13.1 Å². The van der Waals surface area contributed by atoms with Crippen LogP contribution >= 0.6 is 23.7 Å². The number of ether oxygens (including phenoxy) is 1. The summed E-state index contributed by atoms with van der Waals surface area (Å²) in [7, 11) is 1.33. The smallest absolute Gasteiger partial charge is 0.340 e. The minimum atomic E-state index is -0.525. The van der Waals surface area contributed by atoms with Gasteiger partial charge in [-0.2, -0.15) is 0 Å². The Balaban J connectivity index is 0.00000225. The summed E-state index contributed by atoms with van der Waals surface area (Å²) in [5.74, 6) is -0.225. The Bertz CT molecular complexity index is 770. The lowest BCUT2D eigenvalue weighted by atomic mass is 9.67. The van der Waals surface area contributed by atoms with E-state index < -0.39 is 12.0 Å². The van der Waals surface area contributed by atoms with E-state index in [0.717, 1.165) is 25.8 Å². The first kappa shape index (κ1) is 21.1. The SMILES string of the molecule is COC(=O)c1ccsc1N1CCC(NC(=O)[C@@]23CCCC[C@H]2CNC3)C1=O.Cl. The highest BCUT2D eigenvalue weighted by molar-refractivity contribution is 7.14. The van der Waals surface area contributed by atoms with Crippen LogP contribution in [-0.2, 0) is 14.3 Å². The van der Waals surface area contributed by atoms with Crippen molar-refractivity contribution < 1.29 is 19.1 Å². The summed E-state index contributed by atoms with van der Waals surface area (Å²) < 4.78 is 4.80. The molecule has 0 spiro atoms. The van der Waals surface area contributed by atoms with Gasteiger partial charge in [-0.1, -0.05) is 12.8 Å². The van der Waals surface area contributed by atoms with Crippen LogP contribution in [0.4, 0.5) is 5.00 Å². The molecule has 1 aromatic heterocycles. The Morgan fingerprint density at radius 1 is 1.36 bits per heavy atom. The predicted octanol–water partition coefficient (Wildman–Crippen LogP) is 1.96. The number of hydrogen-bond acceptors (Lipinski definition) is 6. The number of rotatable bonds is 4. The fraction of sp³-hybridized carbons (Fsp3) is 0.632. The normalized spacial score (nSPS) is 29.2. The van der Waals surface area contributed by atoms with Crippen molar-refractivity contribution in [1.29, 1.82) is 0 Å². The molecule has 7 nitrogen and oxygen atoms in total. The quantitative estimate of drug-likeness (QED) is 0.717. The van der Waals surface area contributed by atoms with Crippen molar-refractivity contribution in [2.75, 3.05) is 31.6 Å². The third-order valence-corrected chi connectivity index (χ3v) is 7.23. The molecule has 1 saturated carbocycles. The van der Waals surface area contributed by atoms with Crippen LogP contribution < -0.4 is 15.5 Å². The second-order valence-corrected chi connectivity index (χ2v) is 8.56. The molecule has 2 aliphatic heterocycles. The van der Waals surface area contributed by atoms with Crippen LogP contribution in [0.2, 0.25) is 0 Å². The molecule has 2 saturated heterocycles. The molecule has 3 heterocycles. The molecule has 1 unspecified atom stereocenters. The molecule has 4 rings (SSSR count). The van der Waals surface area contributed by atoms with Gasteiger partial charge in [-0.25, -0.2) is 4.79 Å². The summed E-state index contributed by atoms with van der Waals surface area (Å²) in [5, 5.41) is 8.78. The minimum absolute atomic E-state index is 0. The average molecular weight is 428 g/mol. The Labute approximate surface area is 174 Å². The molecule has 0 radical (unpaired) electrons. The van der Waals surface area contributed by atoms with Crippen molar-refractivity contribution >= 4 is 46.5 Å². The van der Waals surface area contributed by atoms with Gasteiger partial charge < -0.3 is 20.3 Å². The number of amides is 2. The van der Waals surface area contributed by atoms with Crippen LogP contribution in [0.3, 0.4) is 0 Å². The lowest BCUT2D eigenvalue weighted by Crippen LogP contribution is -2.52. The number of carbonyl (C=O) groups excluding carboxylic acids is 3. The second-order valence-electron chi connectivity index (χ2n) is 7.67. The van der Waals surface area contributed by atoms with Crippen LogP contribution in [0.5, 0.6) is 0 Å². The van der Waals surface area contributed by atoms with E-state index in [9.17, 15) is 14.4 Å². The molecule has 154 valence electrons. The second kappa shape index (κ2) is 8.39. The van der Waals surface area contributed by atoms with Gasteiger partial charge in [0.2, 0.25) is 11.8 Å².